The van der Waals surface area contributed by atoms with Gasteiger partial charge in [-0.1, -0.05) is 0 Å². The first-order valence-electron chi connectivity index (χ1n) is 12.6. The smallest absolute Gasteiger partial charge is 0.275 e. The van der Waals surface area contributed by atoms with Crippen LogP contribution in [0, 0.1) is 11.6 Å². The number of rotatable bonds is 4. The van der Waals surface area contributed by atoms with Crippen LogP contribution in [0.2, 0.25) is 0 Å². The van der Waals surface area contributed by atoms with Crippen LogP contribution in [-0.4, -0.2) is 61.9 Å². The Labute approximate surface area is 218 Å². The third-order valence-electron chi connectivity index (χ3n) is 7.34. The number of likely N-dealkylation sites (tertiary alicyclic amines) is 1. The van der Waals surface area contributed by atoms with E-state index in [9.17, 15) is 18.7 Å². The molecule has 2 aromatic heterocycles. The number of pyridine rings is 1. The summed E-state index contributed by atoms with van der Waals surface area (Å²) in [6, 6.07) is 5.00. The quantitative estimate of drug-likeness (QED) is 0.544. The number of hydrogen-bond acceptors (Lipinski definition) is 8. The van der Waals surface area contributed by atoms with Gasteiger partial charge in [0, 0.05) is 30.8 Å². The van der Waals surface area contributed by atoms with Crippen LogP contribution >= 0.6 is 0 Å². The van der Waals surface area contributed by atoms with E-state index < -0.39 is 23.1 Å². The third kappa shape index (κ3) is 4.58. The van der Waals surface area contributed by atoms with Crippen LogP contribution in [0.1, 0.15) is 59.5 Å². The second kappa shape index (κ2) is 9.39. The molecule has 2 fully saturated rings. The Hall–Kier alpha value is -3.99. The lowest BCUT2D eigenvalue weighted by Gasteiger charge is -2.27. The maximum atomic E-state index is 14.6. The highest BCUT2D eigenvalue weighted by Gasteiger charge is 2.35. The average molecular weight is 520 g/mol. The second-order valence-electron chi connectivity index (χ2n) is 10.3. The molecule has 2 N–H and O–H groups in total. The molecule has 11 heteroatoms. The summed E-state index contributed by atoms with van der Waals surface area (Å²) in [6.07, 6.45) is 6.65. The van der Waals surface area contributed by atoms with Gasteiger partial charge in [-0.05, 0) is 50.5 Å². The second-order valence-corrected chi connectivity index (χ2v) is 10.3. The fraction of sp³-hybridized carbons (Fsp3) is 0.370. The number of aromatic nitrogens is 3. The van der Waals surface area contributed by atoms with Gasteiger partial charge >= 0.3 is 0 Å². The van der Waals surface area contributed by atoms with Crippen molar-refractivity contribution in [3.05, 3.63) is 77.0 Å². The summed E-state index contributed by atoms with van der Waals surface area (Å²) in [5.74, 6) is -0.0770. The van der Waals surface area contributed by atoms with Gasteiger partial charge in [0.2, 0.25) is 0 Å². The number of nitrogens with zero attached hydrogens (tertiary/aromatic N) is 6. The maximum absolute atomic E-state index is 14.6. The van der Waals surface area contributed by atoms with E-state index in [4.69, 9.17) is 0 Å². The molecule has 196 valence electrons. The lowest BCUT2D eigenvalue weighted by molar-refractivity contribution is 0.0838. The molecule has 0 aliphatic carbocycles. The number of benzene rings is 1. The molecule has 2 saturated heterocycles. The van der Waals surface area contributed by atoms with Crippen LogP contribution in [0.5, 0.6) is 0 Å². The molecule has 5 heterocycles. The molecule has 3 aliphatic rings. The van der Waals surface area contributed by atoms with Gasteiger partial charge in [0.25, 0.3) is 5.91 Å². The SMILES string of the molecule is CC1(O)CCN(c2cnc(C(=O)Nc3cnc4c(c3)C(N3CCC[C@@H]3c3cc(F)ccc3F)=NC4)cn2)C1. The van der Waals surface area contributed by atoms with E-state index in [2.05, 4.69) is 25.3 Å². The topological polar surface area (TPSA) is 107 Å². The van der Waals surface area contributed by atoms with Gasteiger partial charge in [0.15, 0.2) is 0 Å². The van der Waals surface area contributed by atoms with E-state index in [1.165, 1.54) is 18.5 Å². The number of fused-ring (bicyclic) bond motifs is 1. The highest BCUT2D eigenvalue weighted by molar-refractivity contribution is 6.05. The largest absolute Gasteiger partial charge is 0.388 e. The van der Waals surface area contributed by atoms with Gasteiger partial charge < -0.3 is 20.2 Å². The van der Waals surface area contributed by atoms with Crippen molar-refractivity contribution in [2.75, 3.05) is 29.9 Å². The Bertz CT molecular complexity index is 1430. The summed E-state index contributed by atoms with van der Waals surface area (Å²) < 4.78 is 28.5. The number of aliphatic hydroxyl groups is 1. The number of carbonyl (C=O) groups excluding carboxylic acids is 1. The van der Waals surface area contributed by atoms with Crippen LogP contribution in [0.4, 0.5) is 20.3 Å². The van der Waals surface area contributed by atoms with Gasteiger partial charge in [-0.15, -0.1) is 0 Å². The molecule has 0 bridgehead atoms. The minimum atomic E-state index is -0.763. The molecule has 3 aromatic rings. The van der Waals surface area contributed by atoms with Crippen molar-refractivity contribution in [3.63, 3.8) is 0 Å². The van der Waals surface area contributed by atoms with Crippen molar-refractivity contribution < 1.29 is 18.7 Å². The van der Waals surface area contributed by atoms with Gasteiger partial charge in [-0.3, -0.25) is 14.8 Å². The van der Waals surface area contributed by atoms with Crippen molar-refractivity contribution in [1.82, 2.24) is 19.9 Å². The molecule has 1 aromatic carbocycles. The molecule has 9 nitrogen and oxygen atoms in total. The van der Waals surface area contributed by atoms with Gasteiger partial charge in [0.1, 0.15) is 29.0 Å². The fourth-order valence-electron chi connectivity index (χ4n) is 5.41. The Morgan fingerprint density at radius 1 is 1.13 bits per heavy atom. The molecule has 0 saturated carbocycles. The number of nitrogens with one attached hydrogen (secondary N) is 1. The normalized spacial score (nSPS) is 22.5. The molecule has 1 amide bonds. The number of anilines is 2. The van der Waals surface area contributed by atoms with Crippen molar-refractivity contribution in [1.29, 1.82) is 0 Å². The third-order valence-corrected chi connectivity index (χ3v) is 7.34. The Kier molecular flexibility index (Phi) is 6.02. The van der Waals surface area contributed by atoms with Crippen LogP contribution < -0.4 is 10.2 Å². The molecule has 0 spiro atoms. The first-order valence-corrected chi connectivity index (χ1v) is 12.6. The van der Waals surface area contributed by atoms with Gasteiger partial charge in [0.05, 0.1) is 48.2 Å². The molecule has 3 aliphatic heterocycles. The summed E-state index contributed by atoms with van der Waals surface area (Å²) >= 11 is 0. The van der Waals surface area contributed by atoms with Crippen molar-refractivity contribution in [2.45, 2.75) is 44.4 Å². The van der Waals surface area contributed by atoms with E-state index in [0.29, 0.717) is 61.9 Å². The minimum absolute atomic E-state index is 0.148. The van der Waals surface area contributed by atoms with Gasteiger partial charge in [-0.25, -0.2) is 18.7 Å². The summed E-state index contributed by atoms with van der Waals surface area (Å²) in [4.78, 5) is 34.6. The van der Waals surface area contributed by atoms with Crippen LogP contribution in [-0.2, 0) is 6.54 Å². The summed E-state index contributed by atoms with van der Waals surface area (Å²) in [5.41, 5.74) is 1.69. The monoisotopic (exact) mass is 519 g/mol. The zero-order valence-electron chi connectivity index (χ0n) is 20.9. The number of aliphatic imine (C=N–C) groups is 1. The summed E-state index contributed by atoms with van der Waals surface area (Å²) in [7, 11) is 0. The number of amides is 1. The first-order chi connectivity index (χ1) is 18.3. The molecule has 2 atom stereocenters. The highest BCUT2D eigenvalue weighted by atomic mass is 19.1. The molecule has 38 heavy (non-hydrogen) atoms. The van der Waals surface area contributed by atoms with E-state index >= 15 is 0 Å². The zero-order chi connectivity index (χ0) is 26.4. The first kappa shape index (κ1) is 24.4. The minimum Gasteiger partial charge on any atom is -0.388 e. The maximum Gasteiger partial charge on any atom is 0.275 e. The number of carbonyl (C=O) groups is 1. The molecular formula is C27H27F2N7O2. The molecule has 6 rings (SSSR count). The Morgan fingerprint density at radius 2 is 2.00 bits per heavy atom. The predicted molar refractivity (Wildman–Crippen MR) is 137 cm³/mol. The number of β-amino-alcohol motifs (C(OH)–C–C–N with tert-alkyl or cyclic N) is 1. The van der Waals surface area contributed by atoms with Crippen molar-refractivity contribution in [2.24, 2.45) is 4.99 Å². The van der Waals surface area contributed by atoms with Crippen LogP contribution in [0.3, 0.4) is 0 Å². The molecule has 0 radical (unpaired) electrons. The predicted octanol–water partition coefficient (Wildman–Crippen LogP) is 3.46. The van der Waals surface area contributed by atoms with Crippen LogP contribution in [0.15, 0.2) is 47.8 Å². The van der Waals surface area contributed by atoms with Crippen LogP contribution in [0.25, 0.3) is 0 Å². The van der Waals surface area contributed by atoms with E-state index in [1.807, 2.05) is 9.80 Å². The van der Waals surface area contributed by atoms with E-state index in [0.717, 1.165) is 29.8 Å². The van der Waals surface area contributed by atoms with Crippen molar-refractivity contribution in [3.8, 4) is 0 Å². The Morgan fingerprint density at radius 3 is 2.76 bits per heavy atom. The highest BCUT2D eigenvalue weighted by Crippen LogP contribution is 2.37. The van der Waals surface area contributed by atoms with E-state index in [1.54, 1.807) is 19.2 Å². The lowest BCUT2D eigenvalue weighted by atomic mass is 10.0. The summed E-state index contributed by atoms with van der Waals surface area (Å²) in [6.45, 7) is 3.95. The fourth-order valence-corrected chi connectivity index (χ4v) is 5.41. The average Bonchev–Trinajstić information content (AvgIpc) is 3.63. The standard InChI is InChI=1S/C27H27F2N7O2/c1-27(38)6-8-35(15-27)24-14-31-22(13-32-24)26(37)34-17-10-19-21(30-11-17)12-33-25(19)36-7-2-3-23(36)18-9-16(28)4-5-20(18)29/h4-5,9-11,13-14,23,38H,2-3,6-8,12,15H2,1H3,(H,34,37)/t23-,27?/m1/s1. The number of amidine groups is 1. The molecular weight excluding hydrogens is 492 g/mol. The number of hydrogen-bond donors (Lipinski definition) is 2. The zero-order valence-corrected chi connectivity index (χ0v) is 20.9. The van der Waals surface area contributed by atoms with Crippen molar-refractivity contribution >= 4 is 23.2 Å². The lowest BCUT2D eigenvalue weighted by Crippen LogP contribution is -2.31. The Balaban J connectivity index is 1.18. The number of halogens is 2. The molecule has 1 unspecified atom stereocenters. The van der Waals surface area contributed by atoms with Gasteiger partial charge in [-0.2, -0.15) is 0 Å². The van der Waals surface area contributed by atoms with E-state index in [-0.39, 0.29) is 11.7 Å². The summed E-state index contributed by atoms with van der Waals surface area (Å²) in [5, 5.41) is 13.0.